The maximum absolute atomic E-state index is 10.8. The zero-order valence-corrected chi connectivity index (χ0v) is 12.8. The second kappa shape index (κ2) is 7.32. The maximum Gasteiger partial charge on any atom is 0.323 e. The lowest BCUT2D eigenvalue weighted by Crippen LogP contribution is -2.44. The topological polar surface area (TPSA) is 89.1 Å². The molecule has 0 aromatic carbocycles. The first-order chi connectivity index (χ1) is 8.45. The first kappa shape index (κ1) is 15.7. The number of carboxylic acids is 1. The van der Waals surface area contributed by atoms with Crippen molar-refractivity contribution >= 4 is 40.8 Å². The molecule has 0 radical (unpaired) electrons. The Hall–Kier alpha value is -0.310. The van der Waals surface area contributed by atoms with Gasteiger partial charge in [-0.2, -0.15) is 0 Å². The van der Waals surface area contributed by atoms with Crippen LogP contribution in [0.2, 0.25) is 0 Å². The van der Waals surface area contributed by atoms with Gasteiger partial charge in [-0.25, -0.2) is 0 Å². The molecule has 0 saturated carbocycles. The summed E-state index contributed by atoms with van der Waals surface area (Å²) < 4.78 is 1.94. The van der Waals surface area contributed by atoms with E-state index in [1.807, 2.05) is 6.26 Å². The van der Waals surface area contributed by atoms with E-state index in [-0.39, 0.29) is 0 Å². The summed E-state index contributed by atoms with van der Waals surface area (Å²) in [5.41, 5.74) is 4.53. The molecule has 18 heavy (non-hydrogen) atoms. The van der Waals surface area contributed by atoms with Crippen LogP contribution in [0.5, 0.6) is 0 Å². The quantitative estimate of drug-likeness (QED) is 0.562. The minimum Gasteiger partial charge on any atom is -0.480 e. The van der Waals surface area contributed by atoms with Crippen molar-refractivity contribution < 1.29 is 9.90 Å². The second-order valence-electron chi connectivity index (χ2n) is 4.07. The molecule has 0 bridgehead atoms. The van der Waals surface area contributed by atoms with E-state index in [2.05, 4.69) is 10.2 Å². The lowest BCUT2D eigenvalue weighted by Gasteiger charge is -2.18. The summed E-state index contributed by atoms with van der Waals surface area (Å²) in [4.78, 5) is 10.8. The first-order valence-corrected chi connectivity index (χ1v) is 8.51. The molecule has 102 valence electrons. The van der Waals surface area contributed by atoms with Gasteiger partial charge in [0.25, 0.3) is 0 Å². The van der Waals surface area contributed by atoms with Crippen molar-refractivity contribution in [3.8, 4) is 0 Å². The predicted octanol–water partition coefficient (Wildman–Crippen LogP) is 2.32. The van der Waals surface area contributed by atoms with Crippen LogP contribution in [0.4, 0.5) is 0 Å². The third kappa shape index (κ3) is 5.13. The van der Waals surface area contributed by atoms with E-state index in [9.17, 15) is 4.79 Å². The third-order valence-corrected chi connectivity index (χ3v) is 5.49. The highest BCUT2D eigenvalue weighted by Gasteiger charge is 2.26. The Morgan fingerprint density at radius 2 is 2.11 bits per heavy atom. The van der Waals surface area contributed by atoms with Crippen LogP contribution in [-0.4, -0.2) is 38.8 Å². The number of hydrogen-bond donors (Lipinski definition) is 2. The van der Waals surface area contributed by atoms with Crippen molar-refractivity contribution in [2.75, 3.05) is 12.0 Å². The summed E-state index contributed by atoms with van der Waals surface area (Å²) in [6.45, 7) is 1.55. The highest BCUT2D eigenvalue weighted by Crippen LogP contribution is 2.28. The fourth-order valence-electron chi connectivity index (χ4n) is 1.20. The molecule has 5 nitrogen and oxygen atoms in total. The fraction of sp³-hybridized carbons (Fsp3) is 0.700. The molecule has 0 spiro atoms. The number of aliphatic carboxylic acids is 1. The van der Waals surface area contributed by atoms with Gasteiger partial charge in [0, 0.05) is 5.75 Å². The molecule has 8 heteroatoms. The van der Waals surface area contributed by atoms with Gasteiger partial charge in [-0.1, -0.05) is 41.3 Å². The molecule has 3 N–H and O–H groups in total. The summed E-state index contributed by atoms with van der Waals surface area (Å²) in [6.07, 6.45) is 4.21. The Kier molecular flexibility index (Phi) is 6.40. The van der Waals surface area contributed by atoms with Gasteiger partial charge in [0.05, 0.1) is 0 Å². The molecule has 1 heterocycles. The number of hydrogen-bond acceptors (Lipinski definition) is 7. The predicted molar refractivity (Wildman–Crippen MR) is 76.5 cm³/mol. The molecule has 0 fully saturated rings. The smallest absolute Gasteiger partial charge is 0.323 e. The Labute approximate surface area is 119 Å². The summed E-state index contributed by atoms with van der Waals surface area (Å²) in [5, 5.41) is 16.9. The van der Waals surface area contributed by atoms with Gasteiger partial charge in [0.2, 0.25) is 0 Å². The van der Waals surface area contributed by atoms with Gasteiger partial charge in [-0.3, -0.25) is 4.79 Å². The highest BCUT2D eigenvalue weighted by atomic mass is 32.2. The Morgan fingerprint density at radius 1 is 1.44 bits per heavy atom. The molecule has 0 aliphatic carbocycles. The average molecular weight is 307 g/mol. The zero-order valence-electron chi connectivity index (χ0n) is 10.4. The van der Waals surface area contributed by atoms with Crippen LogP contribution in [0.25, 0.3) is 0 Å². The standard InChI is InChI=1S/C10H17N3O2S3/c1-10(11,7(14)15)5-3-4-6-17-9-13-12-8(16-2)18-9/h3-6,11H2,1-2H3,(H,14,15). The number of carboxylic acid groups (broad SMARTS) is 1. The number of rotatable bonds is 8. The summed E-state index contributed by atoms with van der Waals surface area (Å²) in [7, 11) is 0. The molecule has 1 atom stereocenters. The molecule has 0 amide bonds. The number of unbranched alkanes of at least 4 members (excludes halogenated alkanes) is 1. The van der Waals surface area contributed by atoms with E-state index in [4.69, 9.17) is 10.8 Å². The molecule has 0 aliphatic heterocycles. The van der Waals surface area contributed by atoms with Crippen LogP contribution in [-0.2, 0) is 4.79 Å². The van der Waals surface area contributed by atoms with Crippen molar-refractivity contribution in [1.82, 2.24) is 10.2 Å². The molecular formula is C10H17N3O2S3. The minimum absolute atomic E-state index is 0.495. The monoisotopic (exact) mass is 307 g/mol. The van der Waals surface area contributed by atoms with E-state index >= 15 is 0 Å². The first-order valence-electron chi connectivity index (χ1n) is 5.48. The van der Waals surface area contributed by atoms with Gasteiger partial charge < -0.3 is 10.8 Å². The van der Waals surface area contributed by atoms with E-state index in [1.165, 1.54) is 0 Å². The van der Waals surface area contributed by atoms with Crippen LogP contribution in [0.3, 0.4) is 0 Å². The largest absolute Gasteiger partial charge is 0.480 e. The molecule has 1 rings (SSSR count). The van der Waals surface area contributed by atoms with Gasteiger partial charge in [0.1, 0.15) is 5.54 Å². The van der Waals surface area contributed by atoms with Crippen molar-refractivity contribution in [3.05, 3.63) is 0 Å². The number of nitrogens with two attached hydrogens (primary N) is 1. The molecule has 1 unspecified atom stereocenters. The van der Waals surface area contributed by atoms with Crippen LogP contribution in [0, 0.1) is 0 Å². The summed E-state index contributed by atoms with van der Waals surface area (Å²) in [5.74, 6) is -0.0255. The fourth-order valence-corrected chi connectivity index (χ4v) is 3.71. The number of nitrogens with zero attached hydrogens (tertiary/aromatic N) is 2. The molecule has 1 aromatic heterocycles. The van der Waals surface area contributed by atoms with Crippen molar-refractivity contribution in [1.29, 1.82) is 0 Å². The molecule has 0 saturated heterocycles. The zero-order chi connectivity index (χ0) is 13.6. The van der Waals surface area contributed by atoms with E-state index < -0.39 is 11.5 Å². The SMILES string of the molecule is CSc1nnc(SCCCCC(C)(N)C(=O)O)s1. The van der Waals surface area contributed by atoms with Crippen LogP contribution >= 0.6 is 34.9 Å². The Bertz CT molecular complexity index is 395. The third-order valence-electron chi connectivity index (χ3n) is 2.37. The van der Waals surface area contributed by atoms with Crippen molar-refractivity contribution in [2.24, 2.45) is 5.73 Å². The van der Waals surface area contributed by atoms with Gasteiger partial charge in [0.15, 0.2) is 8.68 Å². The lowest BCUT2D eigenvalue weighted by molar-refractivity contribution is -0.142. The Balaban J connectivity index is 2.17. The molecular weight excluding hydrogens is 290 g/mol. The Morgan fingerprint density at radius 3 is 2.67 bits per heavy atom. The van der Waals surface area contributed by atoms with Crippen LogP contribution in [0.1, 0.15) is 26.2 Å². The van der Waals surface area contributed by atoms with E-state index in [0.29, 0.717) is 6.42 Å². The van der Waals surface area contributed by atoms with Gasteiger partial charge in [-0.15, -0.1) is 10.2 Å². The average Bonchev–Trinajstić information content (AvgIpc) is 2.76. The van der Waals surface area contributed by atoms with E-state index in [0.717, 1.165) is 27.3 Å². The second-order valence-corrected chi connectivity index (χ2v) is 7.44. The van der Waals surface area contributed by atoms with Gasteiger partial charge in [-0.05, 0) is 26.0 Å². The van der Waals surface area contributed by atoms with Crippen LogP contribution in [0.15, 0.2) is 8.68 Å². The number of thioether (sulfide) groups is 2. The summed E-state index contributed by atoms with van der Waals surface area (Å²) >= 11 is 4.83. The van der Waals surface area contributed by atoms with Gasteiger partial charge >= 0.3 is 5.97 Å². The lowest BCUT2D eigenvalue weighted by atomic mass is 9.97. The highest BCUT2D eigenvalue weighted by molar-refractivity contribution is 8.02. The molecule has 0 aliphatic rings. The summed E-state index contributed by atoms with van der Waals surface area (Å²) in [6, 6.07) is 0. The normalized spacial score (nSPS) is 14.4. The minimum atomic E-state index is -1.11. The number of aromatic nitrogens is 2. The van der Waals surface area contributed by atoms with Crippen LogP contribution < -0.4 is 5.73 Å². The maximum atomic E-state index is 10.8. The molecule has 1 aromatic rings. The van der Waals surface area contributed by atoms with Crippen molar-refractivity contribution in [3.63, 3.8) is 0 Å². The van der Waals surface area contributed by atoms with E-state index in [1.54, 1.807) is 41.8 Å². The van der Waals surface area contributed by atoms with Crippen molar-refractivity contribution in [2.45, 2.75) is 40.4 Å². The number of carbonyl (C=O) groups is 1.